The lowest BCUT2D eigenvalue weighted by molar-refractivity contribution is -0.385. The highest BCUT2D eigenvalue weighted by Gasteiger charge is 2.17. The average molecular weight is 410 g/mol. The number of nitrogens with zero attached hydrogens (tertiary/aromatic N) is 4. The summed E-state index contributed by atoms with van der Waals surface area (Å²) < 4.78 is 7.02. The molecule has 0 aliphatic heterocycles. The van der Waals surface area contributed by atoms with Crippen molar-refractivity contribution in [3.8, 4) is 11.6 Å². The van der Waals surface area contributed by atoms with Crippen molar-refractivity contribution < 1.29 is 9.34 Å². The van der Waals surface area contributed by atoms with Gasteiger partial charge in [-0.15, -0.1) is 0 Å². The van der Waals surface area contributed by atoms with Gasteiger partial charge in [0.25, 0.3) is 11.2 Å². The molecule has 0 amide bonds. The second-order valence-electron chi connectivity index (χ2n) is 6.78. The molecule has 8 nitrogen and oxygen atoms in total. The average Bonchev–Trinajstić information content (AvgIpc) is 3.22. The molecular formula is C23H14N4O4. The van der Waals surface area contributed by atoms with Crippen LogP contribution in [0.5, 0.6) is 0 Å². The molecule has 0 fully saturated rings. The third-order valence-electron chi connectivity index (χ3n) is 4.85. The fourth-order valence-electron chi connectivity index (χ4n) is 3.37. The Hall–Kier alpha value is -4.59. The maximum atomic E-state index is 13.2. The van der Waals surface area contributed by atoms with Gasteiger partial charge in [-0.1, -0.05) is 42.5 Å². The zero-order valence-corrected chi connectivity index (χ0v) is 16.0. The van der Waals surface area contributed by atoms with Crippen molar-refractivity contribution in [2.24, 2.45) is 5.10 Å². The first-order valence-electron chi connectivity index (χ1n) is 9.40. The van der Waals surface area contributed by atoms with Gasteiger partial charge in [0.2, 0.25) is 5.82 Å². The number of para-hydroxylation sites is 3. The minimum atomic E-state index is -0.497. The molecule has 0 saturated carbocycles. The molecule has 3 aromatic carbocycles. The van der Waals surface area contributed by atoms with Crippen molar-refractivity contribution in [2.75, 3.05) is 0 Å². The Morgan fingerprint density at radius 2 is 1.74 bits per heavy atom. The summed E-state index contributed by atoms with van der Waals surface area (Å²) in [5, 5.41) is 16.8. The van der Waals surface area contributed by atoms with Crippen LogP contribution >= 0.6 is 0 Å². The zero-order chi connectivity index (χ0) is 21.4. The first kappa shape index (κ1) is 18.4. The lowest BCUT2D eigenvalue weighted by atomic mass is 10.2. The van der Waals surface area contributed by atoms with Crippen molar-refractivity contribution in [3.05, 3.63) is 105 Å². The largest absolute Gasteiger partial charge is 0.453 e. The molecule has 2 heterocycles. The number of hydrogen-bond acceptors (Lipinski definition) is 6. The summed E-state index contributed by atoms with van der Waals surface area (Å²) in [5.74, 6) is 0.568. The van der Waals surface area contributed by atoms with Crippen molar-refractivity contribution in [2.45, 2.75) is 0 Å². The van der Waals surface area contributed by atoms with E-state index in [0.29, 0.717) is 22.2 Å². The number of aromatic nitrogens is 2. The fraction of sp³-hybridized carbons (Fsp3) is 0. The van der Waals surface area contributed by atoms with Crippen molar-refractivity contribution in [1.29, 1.82) is 0 Å². The monoisotopic (exact) mass is 410 g/mol. The topological polar surface area (TPSA) is 104 Å². The van der Waals surface area contributed by atoms with Crippen molar-refractivity contribution in [3.63, 3.8) is 0 Å². The van der Waals surface area contributed by atoms with Gasteiger partial charge in [-0.05, 0) is 30.3 Å². The van der Waals surface area contributed by atoms with Gasteiger partial charge in [0.05, 0.1) is 27.6 Å². The van der Waals surface area contributed by atoms with Crippen LogP contribution in [0.25, 0.3) is 33.5 Å². The molecule has 0 saturated heterocycles. The smallest absolute Gasteiger partial charge is 0.282 e. The van der Waals surface area contributed by atoms with E-state index >= 15 is 0 Å². The Bertz CT molecular complexity index is 1520. The van der Waals surface area contributed by atoms with Gasteiger partial charge >= 0.3 is 0 Å². The van der Waals surface area contributed by atoms with Gasteiger partial charge in [0, 0.05) is 11.5 Å². The maximum Gasteiger partial charge on any atom is 0.282 e. The van der Waals surface area contributed by atoms with E-state index in [1.54, 1.807) is 48.5 Å². The van der Waals surface area contributed by atoms with E-state index in [-0.39, 0.29) is 17.1 Å². The van der Waals surface area contributed by atoms with Crippen LogP contribution in [0.4, 0.5) is 5.69 Å². The number of rotatable bonds is 4. The molecule has 0 atom stereocenters. The number of furan rings is 1. The number of nitro groups is 1. The van der Waals surface area contributed by atoms with Crippen molar-refractivity contribution in [1.82, 2.24) is 9.66 Å². The molecular weight excluding hydrogens is 396 g/mol. The molecule has 0 spiro atoms. The van der Waals surface area contributed by atoms with E-state index in [9.17, 15) is 14.9 Å². The van der Waals surface area contributed by atoms with Crippen LogP contribution < -0.4 is 5.56 Å². The van der Waals surface area contributed by atoms with Crippen LogP contribution in [-0.2, 0) is 0 Å². The Morgan fingerprint density at radius 3 is 2.58 bits per heavy atom. The second kappa shape index (κ2) is 7.34. The minimum absolute atomic E-state index is 0.113. The predicted octanol–water partition coefficient (Wildman–Crippen LogP) is 4.60. The zero-order valence-electron chi connectivity index (χ0n) is 16.0. The highest BCUT2D eigenvalue weighted by atomic mass is 16.6. The Balaban J connectivity index is 1.75. The molecule has 0 bridgehead atoms. The van der Waals surface area contributed by atoms with Gasteiger partial charge in [0.15, 0.2) is 5.76 Å². The molecule has 0 radical (unpaired) electrons. The van der Waals surface area contributed by atoms with Crippen LogP contribution in [0.3, 0.4) is 0 Å². The Kier molecular flexibility index (Phi) is 4.37. The van der Waals surface area contributed by atoms with E-state index in [1.165, 1.54) is 12.3 Å². The van der Waals surface area contributed by atoms with Gasteiger partial charge < -0.3 is 4.42 Å². The Labute approximate surface area is 174 Å². The molecule has 5 rings (SSSR count). The molecule has 0 N–H and O–H groups in total. The molecule has 0 aliphatic carbocycles. The second-order valence-corrected chi connectivity index (χ2v) is 6.78. The normalized spacial score (nSPS) is 11.5. The number of fused-ring (bicyclic) bond motifs is 2. The number of benzene rings is 3. The summed E-state index contributed by atoms with van der Waals surface area (Å²) in [4.78, 5) is 28.6. The summed E-state index contributed by atoms with van der Waals surface area (Å²) in [7, 11) is 0. The van der Waals surface area contributed by atoms with Crippen molar-refractivity contribution >= 4 is 33.8 Å². The van der Waals surface area contributed by atoms with Crippen LogP contribution in [-0.4, -0.2) is 20.8 Å². The molecule has 150 valence electrons. The highest BCUT2D eigenvalue weighted by Crippen LogP contribution is 2.27. The molecule has 5 aromatic rings. The summed E-state index contributed by atoms with van der Waals surface area (Å²) >= 11 is 0. The summed E-state index contributed by atoms with van der Waals surface area (Å²) in [6.07, 6.45) is 1.28. The fourth-order valence-corrected chi connectivity index (χ4v) is 3.37. The number of nitro benzene ring substituents is 1. The molecule has 0 aliphatic rings. The standard InChI is InChI=1S/C23H14N4O4/c28-23-17-9-3-4-10-18(17)25-22(21-13-15-7-2-6-12-20(15)31-21)26(23)24-14-16-8-1-5-11-19(16)27(29)30/h1-14H. The predicted molar refractivity (Wildman–Crippen MR) is 117 cm³/mol. The maximum absolute atomic E-state index is 13.2. The SMILES string of the molecule is O=c1c2ccccc2nc(-c2cc3ccccc3o2)n1N=Cc1ccccc1[N+](=O)[O-]. The molecule has 8 heteroatoms. The summed E-state index contributed by atoms with van der Waals surface area (Å²) in [6.45, 7) is 0. The van der Waals surface area contributed by atoms with E-state index in [4.69, 9.17) is 4.42 Å². The van der Waals surface area contributed by atoms with Gasteiger partial charge in [-0.2, -0.15) is 9.78 Å². The lowest BCUT2D eigenvalue weighted by Gasteiger charge is -2.07. The third kappa shape index (κ3) is 3.25. The minimum Gasteiger partial charge on any atom is -0.453 e. The summed E-state index contributed by atoms with van der Waals surface area (Å²) in [5.41, 5.74) is 0.895. The van der Waals surface area contributed by atoms with Crippen LogP contribution in [0.1, 0.15) is 5.56 Å². The highest BCUT2D eigenvalue weighted by molar-refractivity contribution is 5.86. The van der Waals surface area contributed by atoms with E-state index in [2.05, 4.69) is 10.1 Å². The summed E-state index contributed by atoms with van der Waals surface area (Å²) in [6, 6.07) is 22.3. The van der Waals surface area contributed by atoms with Gasteiger partial charge in [-0.3, -0.25) is 14.9 Å². The van der Waals surface area contributed by atoms with E-state index in [0.717, 1.165) is 10.1 Å². The molecule has 2 aromatic heterocycles. The first-order valence-corrected chi connectivity index (χ1v) is 9.40. The Morgan fingerprint density at radius 1 is 1.00 bits per heavy atom. The van der Waals surface area contributed by atoms with Crippen LogP contribution in [0.2, 0.25) is 0 Å². The quantitative estimate of drug-likeness (QED) is 0.245. The van der Waals surface area contributed by atoms with E-state index < -0.39 is 10.5 Å². The lowest BCUT2D eigenvalue weighted by Crippen LogP contribution is -2.20. The third-order valence-corrected chi connectivity index (χ3v) is 4.85. The van der Waals surface area contributed by atoms with Gasteiger partial charge in [-0.25, -0.2) is 4.98 Å². The number of hydrogen-bond donors (Lipinski definition) is 0. The van der Waals surface area contributed by atoms with E-state index in [1.807, 2.05) is 24.3 Å². The van der Waals surface area contributed by atoms with Gasteiger partial charge in [0.1, 0.15) is 5.58 Å². The molecule has 31 heavy (non-hydrogen) atoms. The van der Waals surface area contributed by atoms with Crippen LogP contribution in [0, 0.1) is 10.1 Å². The first-order chi connectivity index (χ1) is 15.1. The molecule has 0 unspecified atom stereocenters. The van der Waals surface area contributed by atoms with Crippen LogP contribution in [0.15, 0.2) is 93.2 Å².